The van der Waals surface area contributed by atoms with E-state index in [1.165, 1.54) is 12.1 Å². The summed E-state index contributed by atoms with van der Waals surface area (Å²) in [5, 5.41) is 18.0. The highest BCUT2D eigenvalue weighted by molar-refractivity contribution is 9.09. The van der Waals surface area contributed by atoms with Gasteiger partial charge in [-0.2, -0.15) is 5.26 Å². The molecule has 0 aliphatic rings. The number of Topliss-reactive ketones (excluding diaryl/α,β-unsaturated/α-hetero) is 1. The first-order chi connectivity index (χ1) is 6.60. The molecule has 0 unspecified atom stereocenters. The van der Waals surface area contributed by atoms with E-state index in [0.29, 0.717) is 0 Å². The van der Waals surface area contributed by atoms with Gasteiger partial charge < -0.3 is 10.8 Å². The van der Waals surface area contributed by atoms with Crippen molar-refractivity contribution in [1.29, 1.82) is 5.26 Å². The molecular formula is C9H7BrN2O2. The zero-order chi connectivity index (χ0) is 10.7. The van der Waals surface area contributed by atoms with Gasteiger partial charge in [0.2, 0.25) is 0 Å². The highest BCUT2D eigenvalue weighted by Gasteiger charge is 2.12. The molecular weight excluding hydrogens is 248 g/mol. The molecule has 1 aromatic carbocycles. The lowest BCUT2D eigenvalue weighted by Gasteiger charge is -2.04. The average molecular weight is 255 g/mol. The van der Waals surface area contributed by atoms with E-state index in [9.17, 15) is 9.90 Å². The molecule has 0 heterocycles. The number of hydrogen-bond acceptors (Lipinski definition) is 4. The molecule has 4 nitrogen and oxygen atoms in total. The normalized spacial score (nSPS) is 9.43. The Labute approximate surface area is 89.1 Å². The Morgan fingerprint density at radius 1 is 1.64 bits per heavy atom. The van der Waals surface area contributed by atoms with E-state index in [1.54, 1.807) is 6.07 Å². The third-order valence-electron chi connectivity index (χ3n) is 1.71. The van der Waals surface area contributed by atoms with Crippen LogP contribution in [0, 0.1) is 11.3 Å². The van der Waals surface area contributed by atoms with Crippen molar-refractivity contribution < 1.29 is 9.90 Å². The van der Waals surface area contributed by atoms with Gasteiger partial charge in [0.1, 0.15) is 11.8 Å². The van der Waals surface area contributed by atoms with Gasteiger partial charge in [-0.3, -0.25) is 4.79 Å². The molecule has 1 rings (SSSR count). The van der Waals surface area contributed by atoms with Crippen molar-refractivity contribution in [3.05, 3.63) is 23.3 Å². The Balaban J connectivity index is 3.33. The number of rotatable bonds is 2. The number of aromatic hydroxyl groups is 1. The number of carbonyl (C=O) groups excluding carboxylic acids is 1. The molecule has 0 aromatic heterocycles. The molecule has 14 heavy (non-hydrogen) atoms. The van der Waals surface area contributed by atoms with Crippen LogP contribution in [0.2, 0.25) is 0 Å². The van der Waals surface area contributed by atoms with Gasteiger partial charge >= 0.3 is 0 Å². The largest absolute Gasteiger partial charge is 0.506 e. The number of nitrogens with zero attached hydrogens (tertiary/aromatic N) is 1. The van der Waals surface area contributed by atoms with E-state index in [4.69, 9.17) is 11.0 Å². The van der Waals surface area contributed by atoms with Gasteiger partial charge in [-0.15, -0.1) is 0 Å². The van der Waals surface area contributed by atoms with Crippen LogP contribution in [0.4, 0.5) is 5.69 Å². The molecule has 0 spiro atoms. The first kappa shape index (κ1) is 10.5. The van der Waals surface area contributed by atoms with Crippen LogP contribution in [-0.2, 0) is 0 Å². The molecule has 3 N–H and O–H groups in total. The minimum Gasteiger partial charge on any atom is -0.506 e. The van der Waals surface area contributed by atoms with Crippen molar-refractivity contribution >= 4 is 27.4 Å². The third kappa shape index (κ3) is 1.86. The van der Waals surface area contributed by atoms with E-state index in [-0.39, 0.29) is 33.7 Å². The predicted octanol–water partition coefficient (Wildman–Crippen LogP) is 1.42. The fraction of sp³-hybridized carbons (Fsp3) is 0.111. The standard InChI is InChI=1S/C9H7BrN2O2/c10-3-9(14)6-1-5(4-11)8(13)2-7(6)12/h1-2,13H,3,12H2. The average Bonchev–Trinajstić information content (AvgIpc) is 2.17. The number of phenols is 1. The van der Waals surface area contributed by atoms with Crippen LogP contribution in [-0.4, -0.2) is 16.2 Å². The van der Waals surface area contributed by atoms with Gasteiger partial charge in [0, 0.05) is 17.3 Å². The molecule has 0 radical (unpaired) electrons. The highest BCUT2D eigenvalue weighted by Crippen LogP contribution is 2.24. The van der Waals surface area contributed by atoms with Gasteiger partial charge in [-0.05, 0) is 6.07 Å². The number of nitrogen functional groups attached to an aromatic ring is 1. The summed E-state index contributed by atoms with van der Waals surface area (Å²) in [7, 11) is 0. The molecule has 5 heteroatoms. The molecule has 0 saturated carbocycles. The summed E-state index contributed by atoms with van der Waals surface area (Å²) in [5.41, 5.74) is 5.97. The summed E-state index contributed by atoms with van der Waals surface area (Å²) in [6.07, 6.45) is 0. The number of alkyl halides is 1. The Hall–Kier alpha value is -1.54. The summed E-state index contributed by atoms with van der Waals surface area (Å²) in [5.74, 6) is -0.435. The number of benzene rings is 1. The first-order valence-corrected chi connectivity index (χ1v) is 4.84. The Morgan fingerprint density at radius 2 is 2.29 bits per heavy atom. The van der Waals surface area contributed by atoms with Crippen molar-refractivity contribution in [1.82, 2.24) is 0 Å². The van der Waals surface area contributed by atoms with Crippen LogP contribution in [0.3, 0.4) is 0 Å². The lowest BCUT2D eigenvalue weighted by molar-refractivity contribution is 0.102. The number of hydrogen-bond donors (Lipinski definition) is 2. The number of phenolic OH excluding ortho intramolecular Hbond substituents is 1. The predicted molar refractivity (Wildman–Crippen MR) is 55.4 cm³/mol. The smallest absolute Gasteiger partial charge is 0.175 e. The Kier molecular flexibility index (Phi) is 3.10. The van der Waals surface area contributed by atoms with Crippen molar-refractivity contribution in [2.45, 2.75) is 0 Å². The Bertz CT molecular complexity index is 424. The van der Waals surface area contributed by atoms with Crippen LogP contribution >= 0.6 is 15.9 Å². The van der Waals surface area contributed by atoms with Gasteiger partial charge in [-0.1, -0.05) is 15.9 Å². The molecule has 0 saturated heterocycles. The Morgan fingerprint density at radius 3 is 2.79 bits per heavy atom. The second-order valence-electron chi connectivity index (χ2n) is 2.63. The van der Waals surface area contributed by atoms with Crippen molar-refractivity contribution in [3.63, 3.8) is 0 Å². The van der Waals surface area contributed by atoms with E-state index in [0.717, 1.165) is 0 Å². The summed E-state index contributed by atoms with van der Waals surface area (Å²) in [6.45, 7) is 0. The van der Waals surface area contributed by atoms with E-state index in [1.807, 2.05) is 0 Å². The zero-order valence-corrected chi connectivity index (χ0v) is 8.71. The van der Waals surface area contributed by atoms with E-state index >= 15 is 0 Å². The molecule has 0 amide bonds. The van der Waals surface area contributed by atoms with E-state index < -0.39 is 0 Å². The third-order valence-corrected chi connectivity index (χ3v) is 2.22. The van der Waals surface area contributed by atoms with Crippen LogP contribution in [0.5, 0.6) is 5.75 Å². The van der Waals surface area contributed by atoms with E-state index in [2.05, 4.69) is 15.9 Å². The monoisotopic (exact) mass is 254 g/mol. The summed E-state index contributed by atoms with van der Waals surface area (Å²) in [6, 6.07) is 4.26. The van der Waals surface area contributed by atoms with Crippen molar-refractivity contribution in [2.24, 2.45) is 0 Å². The van der Waals surface area contributed by atoms with Gasteiger partial charge in [0.05, 0.1) is 10.9 Å². The highest BCUT2D eigenvalue weighted by atomic mass is 79.9. The molecule has 0 aliphatic heterocycles. The topological polar surface area (TPSA) is 87.1 Å². The molecule has 0 fully saturated rings. The number of nitriles is 1. The van der Waals surface area contributed by atoms with Crippen LogP contribution in [0.15, 0.2) is 12.1 Å². The minimum absolute atomic E-state index is 0.0449. The van der Waals surface area contributed by atoms with Crippen LogP contribution in [0.1, 0.15) is 15.9 Å². The first-order valence-electron chi connectivity index (χ1n) is 3.72. The lowest BCUT2D eigenvalue weighted by Crippen LogP contribution is -2.05. The molecule has 72 valence electrons. The minimum atomic E-state index is -0.223. The molecule has 1 aromatic rings. The maximum absolute atomic E-state index is 11.3. The lowest BCUT2D eigenvalue weighted by atomic mass is 10.1. The number of ketones is 1. The van der Waals surface area contributed by atoms with Gasteiger partial charge in [-0.25, -0.2) is 0 Å². The van der Waals surface area contributed by atoms with Gasteiger partial charge in [0.15, 0.2) is 5.78 Å². The second kappa shape index (κ2) is 4.11. The second-order valence-corrected chi connectivity index (χ2v) is 3.19. The summed E-state index contributed by atoms with van der Waals surface area (Å²) < 4.78 is 0. The van der Waals surface area contributed by atoms with Crippen molar-refractivity contribution in [2.75, 3.05) is 11.1 Å². The van der Waals surface area contributed by atoms with Gasteiger partial charge in [0.25, 0.3) is 0 Å². The fourth-order valence-corrected chi connectivity index (χ4v) is 1.31. The number of carbonyl (C=O) groups is 1. The quantitative estimate of drug-likeness (QED) is 0.475. The molecule has 0 bridgehead atoms. The maximum atomic E-state index is 11.3. The number of halogens is 1. The maximum Gasteiger partial charge on any atom is 0.175 e. The summed E-state index contributed by atoms with van der Waals surface area (Å²) in [4.78, 5) is 11.3. The zero-order valence-electron chi connectivity index (χ0n) is 7.12. The number of nitrogens with two attached hydrogens (primary N) is 1. The molecule has 0 aliphatic carbocycles. The van der Waals surface area contributed by atoms with Crippen molar-refractivity contribution in [3.8, 4) is 11.8 Å². The molecule has 0 atom stereocenters. The summed E-state index contributed by atoms with van der Waals surface area (Å²) >= 11 is 3.00. The van der Waals surface area contributed by atoms with Crippen LogP contribution < -0.4 is 5.73 Å². The number of anilines is 1. The van der Waals surface area contributed by atoms with Crippen LogP contribution in [0.25, 0.3) is 0 Å². The SMILES string of the molecule is N#Cc1cc(C(=O)CBr)c(N)cc1O. The fourth-order valence-electron chi connectivity index (χ4n) is 1.01.